The molecule has 0 radical (unpaired) electrons. The zero-order valence-electron chi connectivity index (χ0n) is 16.2. The summed E-state index contributed by atoms with van der Waals surface area (Å²) in [6.45, 7) is 7.94. The van der Waals surface area contributed by atoms with Gasteiger partial charge in [0.15, 0.2) is 5.96 Å². The summed E-state index contributed by atoms with van der Waals surface area (Å²) in [4.78, 5) is 4.66. The second-order valence-corrected chi connectivity index (χ2v) is 7.51. The Labute approximate surface area is 180 Å². The first-order chi connectivity index (χ1) is 12.5. The highest BCUT2D eigenvalue weighted by Crippen LogP contribution is 2.08. The first-order valence-corrected chi connectivity index (χ1v) is 10.7. The van der Waals surface area contributed by atoms with Gasteiger partial charge in [0.1, 0.15) is 0 Å². The zero-order valence-corrected chi connectivity index (χ0v) is 19.4. The van der Waals surface area contributed by atoms with Crippen molar-refractivity contribution in [2.24, 2.45) is 10.1 Å². The summed E-state index contributed by atoms with van der Waals surface area (Å²) in [5.74, 6) is 0.780. The summed E-state index contributed by atoms with van der Waals surface area (Å²) in [7, 11) is -3.64. The van der Waals surface area contributed by atoms with Crippen molar-refractivity contribution in [2.75, 3.05) is 32.8 Å². The summed E-state index contributed by atoms with van der Waals surface area (Å²) in [5.41, 5.74) is 1.03. The molecule has 1 aromatic rings. The third-order valence-electron chi connectivity index (χ3n) is 3.66. The zero-order chi connectivity index (χ0) is 19.3. The van der Waals surface area contributed by atoms with Crippen molar-refractivity contribution in [3.8, 4) is 0 Å². The topological polar surface area (TPSA) is 106 Å². The minimum atomic E-state index is -3.64. The van der Waals surface area contributed by atoms with Gasteiger partial charge in [-0.3, -0.25) is 4.99 Å². The summed E-state index contributed by atoms with van der Waals surface area (Å²) in [5, 5.41) is 11.6. The second-order valence-electron chi connectivity index (χ2n) is 5.95. The van der Waals surface area contributed by atoms with Crippen molar-refractivity contribution in [3.05, 3.63) is 29.8 Å². The summed E-state index contributed by atoms with van der Waals surface area (Å²) < 4.78 is 28.0. The molecule has 156 valence electrons. The molecular formula is C18H33IN4O3S. The first kappa shape index (κ1) is 26.1. The third-order valence-corrected chi connectivity index (χ3v) is 4.59. The maximum atomic E-state index is 11.3. The number of halogens is 1. The molecule has 0 unspecified atom stereocenters. The predicted molar refractivity (Wildman–Crippen MR) is 121 cm³/mol. The Bertz CT molecular complexity index is 637. The number of aliphatic imine (C=N–C) groups is 1. The molecule has 0 heterocycles. The number of nitrogens with two attached hydrogens (primary N) is 1. The average Bonchev–Trinajstić information content (AvgIpc) is 2.60. The number of primary sulfonamides is 1. The van der Waals surface area contributed by atoms with E-state index in [1.54, 1.807) is 12.1 Å². The van der Waals surface area contributed by atoms with E-state index >= 15 is 0 Å². The Balaban J connectivity index is 0.00000676. The van der Waals surface area contributed by atoms with Crippen molar-refractivity contribution < 1.29 is 13.2 Å². The highest BCUT2D eigenvalue weighted by atomic mass is 127. The third kappa shape index (κ3) is 12.2. The SMILES string of the molecule is CCCCOCCCN=C(NCC)NCCc1ccc(S(N)(=O)=O)cc1.I. The van der Waals surface area contributed by atoms with E-state index in [-0.39, 0.29) is 28.9 Å². The van der Waals surface area contributed by atoms with Crippen LogP contribution in [0.25, 0.3) is 0 Å². The van der Waals surface area contributed by atoms with Gasteiger partial charge in [-0.25, -0.2) is 13.6 Å². The van der Waals surface area contributed by atoms with Crippen LogP contribution < -0.4 is 15.8 Å². The first-order valence-electron chi connectivity index (χ1n) is 9.19. The Morgan fingerprint density at radius 1 is 1.11 bits per heavy atom. The molecule has 1 aromatic carbocycles. The van der Waals surface area contributed by atoms with Crippen LogP contribution in [0.2, 0.25) is 0 Å². The molecule has 0 aliphatic heterocycles. The van der Waals surface area contributed by atoms with Crippen molar-refractivity contribution in [1.29, 1.82) is 0 Å². The highest BCUT2D eigenvalue weighted by molar-refractivity contribution is 14.0. The van der Waals surface area contributed by atoms with E-state index in [2.05, 4.69) is 22.5 Å². The molecule has 7 nitrogen and oxygen atoms in total. The van der Waals surface area contributed by atoms with Gasteiger partial charge < -0.3 is 15.4 Å². The fourth-order valence-electron chi connectivity index (χ4n) is 2.22. The fraction of sp³-hybridized carbons (Fsp3) is 0.611. The van der Waals surface area contributed by atoms with Crippen LogP contribution in [0.15, 0.2) is 34.2 Å². The maximum Gasteiger partial charge on any atom is 0.238 e. The molecule has 0 spiro atoms. The van der Waals surface area contributed by atoms with Gasteiger partial charge >= 0.3 is 0 Å². The van der Waals surface area contributed by atoms with Gasteiger partial charge in [0.25, 0.3) is 0 Å². The molecule has 0 bridgehead atoms. The van der Waals surface area contributed by atoms with Gasteiger partial charge in [0.05, 0.1) is 4.90 Å². The lowest BCUT2D eigenvalue weighted by Gasteiger charge is -2.11. The number of nitrogens with zero attached hydrogens (tertiary/aromatic N) is 1. The van der Waals surface area contributed by atoms with E-state index in [4.69, 9.17) is 9.88 Å². The van der Waals surface area contributed by atoms with Crippen LogP contribution in [0.3, 0.4) is 0 Å². The lowest BCUT2D eigenvalue weighted by molar-refractivity contribution is 0.130. The number of nitrogens with one attached hydrogen (secondary N) is 2. The lowest BCUT2D eigenvalue weighted by Crippen LogP contribution is -2.38. The van der Waals surface area contributed by atoms with Crippen LogP contribution in [0.1, 0.15) is 38.7 Å². The second kappa shape index (κ2) is 15.1. The molecule has 0 atom stereocenters. The van der Waals surface area contributed by atoms with E-state index < -0.39 is 10.0 Å². The van der Waals surface area contributed by atoms with E-state index in [1.165, 1.54) is 12.1 Å². The maximum absolute atomic E-state index is 11.3. The van der Waals surface area contributed by atoms with Crippen molar-refractivity contribution in [1.82, 2.24) is 10.6 Å². The average molecular weight is 512 g/mol. The lowest BCUT2D eigenvalue weighted by atomic mass is 10.1. The van der Waals surface area contributed by atoms with Crippen LogP contribution in [-0.2, 0) is 21.2 Å². The molecule has 9 heteroatoms. The van der Waals surface area contributed by atoms with Crippen LogP contribution in [-0.4, -0.2) is 47.2 Å². The molecule has 0 aromatic heterocycles. The fourth-order valence-corrected chi connectivity index (χ4v) is 2.73. The van der Waals surface area contributed by atoms with Crippen LogP contribution in [0.5, 0.6) is 0 Å². The van der Waals surface area contributed by atoms with Gasteiger partial charge in [-0.05, 0) is 43.9 Å². The van der Waals surface area contributed by atoms with Crippen molar-refractivity contribution >= 4 is 40.0 Å². The predicted octanol–water partition coefficient (Wildman–Crippen LogP) is 2.26. The summed E-state index contributed by atoms with van der Waals surface area (Å²) >= 11 is 0. The number of ether oxygens (including phenoxy) is 1. The smallest absolute Gasteiger partial charge is 0.238 e. The number of hydrogen-bond donors (Lipinski definition) is 3. The largest absolute Gasteiger partial charge is 0.381 e. The Kier molecular flexibility index (Phi) is 14.6. The van der Waals surface area contributed by atoms with Gasteiger partial charge in [-0.15, -0.1) is 24.0 Å². The normalized spacial score (nSPS) is 11.7. The number of sulfonamides is 1. The molecule has 0 saturated heterocycles. The van der Waals surface area contributed by atoms with Gasteiger partial charge in [0, 0.05) is 32.8 Å². The van der Waals surface area contributed by atoms with Crippen molar-refractivity contribution in [2.45, 2.75) is 44.4 Å². The summed E-state index contributed by atoms with van der Waals surface area (Å²) in [6.07, 6.45) is 3.91. The number of unbranched alkanes of at least 4 members (excludes halogenated alkanes) is 1. The minimum absolute atomic E-state index is 0. The van der Waals surface area contributed by atoms with E-state index in [0.717, 1.165) is 57.0 Å². The van der Waals surface area contributed by atoms with Crippen LogP contribution >= 0.6 is 24.0 Å². The van der Waals surface area contributed by atoms with Gasteiger partial charge in [-0.2, -0.15) is 0 Å². The van der Waals surface area contributed by atoms with Crippen LogP contribution in [0.4, 0.5) is 0 Å². The summed E-state index contributed by atoms with van der Waals surface area (Å²) in [6, 6.07) is 6.61. The van der Waals surface area contributed by atoms with E-state index in [0.29, 0.717) is 13.1 Å². The van der Waals surface area contributed by atoms with Gasteiger partial charge in [-0.1, -0.05) is 25.5 Å². The molecule has 4 N–H and O–H groups in total. The number of guanidine groups is 1. The van der Waals surface area contributed by atoms with Gasteiger partial charge in [0.2, 0.25) is 10.0 Å². The van der Waals surface area contributed by atoms with E-state index in [9.17, 15) is 8.42 Å². The number of hydrogen-bond acceptors (Lipinski definition) is 4. The standard InChI is InChI=1S/C18H32N4O3S.HI/c1-3-5-14-25-15-6-12-21-18(20-4-2)22-13-11-16-7-9-17(10-8-16)26(19,23)24;/h7-10H,3-6,11-15H2,1-2H3,(H2,19,23,24)(H2,20,21,22);1H. The molecule has 27 heavy (non-hydrogen) atoms. The molecule has 0 fully saturated rings. The van der Waals surface area contributed by atoms with E-state index in [1.807, 2.05) is 6.92 Å². The molecule has 0 aliphatic rings. The Hall–Kier alpha value is -0.910. The monoisotopic (exact) mass is 512 g/mol. The quantitative estimate of drug-likeness (QED) is 0.173. The Morgan fingerprint density at radius 2 is 1.78 bits per heavy atom. The highest BCUT2D eigenvalue weighted by Gasteiger charge is 2.06. The van der Waals surface area contributed by atoms with Crippen LogP contribution in [0, 0.1) is 0 Å². The molecule has 0 saturated carbocycles. The number of benzene rings is 1. The Morgan fingerprint density at radius 3 is 2.37 bits per heavy atom. The molecule has 0 aliphatic carbocycles. The number of rotatable bonds is 12. The van der Waals surface area contributed by atoms with Crippen molar-refractivity contribution in [3.63, 3.8) is 0 Å². The molecular weight excluding hydrogens is 479 g/mol. The molecule has 0 amide bonds. The molecule has 1 rings (SSSR count). The minimum Gasteiger partial charge on any atom is -0.381 e.